The number of amidine groups is 1. The lowest BCUT2D eigenvalue weighted by molar-refractivity contribution is -0.244. The van der Waals surface area contributed by atoms with E-state index in [0.717, 1.165) is 18.7 Å². The smallest absolute Gasteiger partial charge is 0.388 e. The van der Waals surface area contributed by atoms with Gasteiger partial charge >= 0.3 is 6.18 Å². The van der Waals surface area contributed by atoms with Gasteiger partial charge in [-0.25, -0.2) is 0 Å². The molecule has 2 heterocycles. The van der Waals surface area contributed by atoms with E-state index >= 15 is 0 Å². The number of fused-ring (bicyclic) bond motifs is 1. The molecular formula is C11H17F3N2O3S. The van der Waals surface area contributed by atoms with Crippen molar-refractivity contribution >= 4 is 16.9 Å². The maximum Gasteiger partial charge on any atom is 0.394 e. The van der Waals surface area contributed by atoms with Crippen LogP contribution in [0.4, 0.5) is 13.2 Å². The number of thioether (sulfide) groups is 1. The minimum Gasteiger partial charge on any atom is -0.388 e. The second-order valence-electron chi connectivity index (χ2n) is 5.20. The molecule has 1 saturated heterocycles. The summed E-state index contributed by atoms with van der Waals surface area (Å²) in [7, 11) is 3.48. The maximum atomic E-state index is 12.8. The molecule has 6 atom stereocenters. The van der Waals surface area contributed by atoms with Gasteiger partial charge in [-0.3, -0.25) is 4.99 Å². The molecule has 0 aromatic carbocycles. The Labute approximate surface area is 118 Å². The van der Waals surface area contributed by atoms with E-state index in [-0.39, 0.29) is 0 Å². The molecule has 0 bridgehead atoms. The summed E-state index contributed by atoms with van der Waals surface area (Å²) in [5.74, 6) is -1.86. The molecule has 0 amide bonds. The van der Waals surface area contributed by atoms with Gasteiger partial charge in [0, 0.05) is 14.1 Å². The topological polar surface area (TPSA) is 65.3 Å². The van der Waals surface area contributed by atoms with Gasteiger partial charge in [-0.2, -0.15) is 13.2 Å². The first kappa shape index (κ1) is 15.9. The Kier molecular flexibility index (Phi) is 4.25. The number of rotatable bonds is 1. The minimum absolute atomic E-state index is 0.562. The third kappa shape index (κ3) is 2.76. The lowest BCUT2D eigenvalue weighted by Gasteiger charge is -2.41. The van der Waals surface area contributed by atoms with E-state index in [1.165, 1.54) is 0 Å². The van der Waals surface area contributed by atoms with Gasteiger partial charge in [0.1, 0.15) is 23.7 Å². The number of halogens is 3. The second-order valence-corrected chi connectivity index (χ2v) is 6.26. The summed E-state index contributed by atoms with van der Waals surface area (Å²) < 4.78 is 43.7. The van der Waals surface area contributed by atoms with Crippen molar-refractivity contribution in [3.05, 3.63) is 0 Å². The van der Waals surface area contributed by atoms with Crippen molar-refractivity contribution in [2.75, 3.05) is 14.1 Å². The van der Waals surface area contributed by atoms with Gasteiger partial charge in [-0.05, 0) is 0 Å². The zero-order valence-electron chi connectivity index (χ0n) is 11.2. The maximum absolute atomic E-state index is 12.8. The molecule has 0 aromatic rings. The summed E-state index contributed by atoms with van der Waals surface area (Å²) in [5, 5.41) is 20.4. The molecule has 0 unspecified atom stereocenters. The van der Waals surface area contributed by atoms with Gasteiger partial charge in [-0.15, -0.1) is 0 Å². The number of aliphatic hydroxyl groups excluding tert-OH is 2. The van der Waals surface area contributed by atoms with E-state index in [1.807, 2.05) is 0 Å². The first-order valence-electron chi connectivity index (χ1n) is 6.13. The predicted octanol–water partition coefficient (Wildman–Crippen LogP) is 0.664. The predicted molar refractivity (Wildman–Crippen MR) is 68.4 cm³/mol. The Morgan fingerprint density at radius 3 is 2.40 bits per heavy atom. The average molecular weight is 314 g/mol. The van der Waals surface area contributed by atoms with Crippen LogP contribution in [0.1, 0.15) is 6.92 Å². The molecule has 0 aromatic heterocycles. The van der Waals surface area contributed by atoms with Gasteiger partial charge < -0.3 is 19.8 Å². The molecule has 9 heteroatoms. The molecule has 116 valence electrons. The largest absolute Gasteiger partial charge is 0.394 e. The van der Waals surface area contributed by atoms with E-state index < -0.39 is 41.9 Å². The Morgan fingerprint density at radius 1 is 1.30 bits per heavy atom. The number of nitrogens with zero attached hydrogens (tertiary/aromatic N) is 2. The van der Waals surface area contributed by atoms with Crippen LogP contribution in [0.15, 0.2) is 4.99 Å². The SMILES string of the molecule is C[C@@H]([C@H]1O[C@@H]2SC(N(C)C)=N[C@@H]2[C@@H](O)[C@@H]1O)C(F)(F)F. The van der Waals surface area contributed by atoms with E-state index in [1.54, 1.807) is 19.0 Å². The molecule has 2 rings (SSSR count). The van der Waals surface area contributed by atoms with Crippen LogP contribution in [0.2, 0.25) is 0 Å². The van der Waals surface area contributed by atoms with Crippen molar-refractivity contribution in [3.8, 4) is 0 Å². The first-order chi connectivity index (χ1) is 9.12. The molecule has 0 aliphatic carbocycles. The van der Waals surface area contributed by atoms with Crippen LogP contribution in [-0.2, 0) is 4.74 Å². The van der Waals surface area contributed by atoms with E-state index in [4.69, 9.17) is 4.74 Å². The summed E-state index contributed by atoms with van der Waals surface area (Å²) in [4.78, 5) is 5.87. The highest BCUT2D eigenvalue weighted by Gasteiger charge is 2.54. The fourth-order valence-corrected chi connectivity index (χ4v) is 3.34. The molecule has 2 aliphatic rings. The monoisotopic (exact) mass is 314 g/mol. The second kappa shape index (κ2) is 5.36. The zero-order chi connectivity index (χ0) is 15.2. The van der Waals surface area contributed by atoms with Crippen LogP contribution >= 0.6 is 11.8 Å². The highest BCUT2D eigenvalue weighted by molar-refractivity contribution is 8.14. The van der Waals surface area contributed by atoms with Crippen molar-refractivity contribution in [2.24, 2.45) is 10.9 Å². The molecular weight excluding hydrogens is 297 g/mol. The van der Waals surface area contributed by atoms with Crippen LogP contribution in [-0.4, -0.2) is 70.3 Å². The van der Waals surface area contributed by atoms with Crippen molar-refractivity contribution in [1.82, 2.24) is 4.90 Å². The number of aliphatic hydroxyl groups is 2. The normalized spacial score (nSPS) is 39.2. The summed E-state index contributed by atoms with van der Waals surface area (Å²) in [6.07, 6.45) is -8.96. The highest BCUT2D eigenvalue weighted by atomic mass is 32.2. The number of hydrogen-bond donors (Lipinski definition) is 2. The number of ether oxygens (including phenoxy) is 1. The van der Waals surface area contributed by atoms with Crippen molar-refractivity contribution < 1.29 is 28.1 Å². The molecule has 0 radical (unpaired) electrons. The summed E-state index contributed by atoms with van der Waals surface area (Å²) in [6, 6.07) is -0.746. The van der Waals surface area contributed by atoms with Gasteiger partial charge in [0.05, 0.1) is 12.0 Å². The van der Waals surface area contributed by atoms with Crippen LogP contribution < -0.4 is 0 Å². The molecule has 20 heavy (non-hydrogen) atoms. The molecule has 1 fully saturated rings. The Hall–Kier alpha value is -0.510. The highest BCUT2D eigenvalue weighted by Crippen LogP contribution is 2.41. The molecule has 2 N–H and O–H groups in total. The van der Waals surface area contributed by atoms with E-state index in [2.05, 4.69) is 4.99 Å². The third-order valence-corrected chi connectivity index (χ3v) is 4.78. The van der Waals surface area contributed by atoms with E-state index in [9.17, 15) is 23.4 Å². The van der Waals surface area contributed by atoms with Gasteiger partial charge in [0.15, 0.2) is 5.17 Å². The third-order valence-electron chi connectivity index (χ3n) is 3.48. The van der Waals surface area contributed by atoms with Crippen molar-refractivity contribution in [3.63, 3.8) is 0 Å². The quantitative estimate of drug-likeness (QED) is 0.744. The van der Waals surface area contributed by atoms with E-state index in [0.29, 0.717) is 5.17 Å². The van der Waals surface area contributed by atoms with Crippen LogP contribution in [0, 0.1) is 5.92 Å². The van der Waals surface area contributed by atoms with Crippen LogP contribution in [0.3, 0.4) is 0 Å². The van der Waals surface area contributed by atoms with Crippen molar-refractivity contribution in [2.45, 2.75) is 42.9 Å². The Bertz CT molecular complexity index is 405. The average Bonchev–Trinajstić information content (AvgIpc) is 2.76. The first-order valence-corrected chi connectivity index (χ1v) is 7.01. The number of alkyl halides is 3. The lowest BCUT2D eigenvalue weighted by atomic mass is 9.90. The minimum atomic E-state index is -4.49. The zero-order valence-corrected chi connectivity index (χ0v) is 12.0. The fraction of sp³-hybridized carbons (Fsp3) is 0.909. The number of hydrogen-bond acceptors (Lipinski definition) is 6. The summed E-state index contributed by atoms with van der Waals surface area (Å²) in [6.45, 7) is 0.939. The molecule has 0 saturated carbocycles. The number of aliphatic imine (C=N–C) groups is 1. The molecule has 5 nitrogen and oxygen atoms in total. The molecule has 2 aliphatic heterocycles. The lowest BCUT2D eigenvalue weighted by Crippen LogP contribution is -2.58. The van der Waals surface area contributed by atoms with Crippen LogP contribution in [0.25, 0.3) is 0 Å². The van der Waals surface area contributed by atoms with Gasteiger partial charge in [0.2, 0.25) is 0 Å². The molecule has 0 spiro atoms. The Morgan fingerprint density at radius 2 is 1.90 bits per heavy atom. The summed E-state index contributed by atoms with van der Waals surface area (Å²) in [5.41, 5.74) is -0.708. The fourth-order valence-electron chi connectivity index (χ4n) is 2.19. The Balaban J connectivity index is 2.17. The standard InChI is InChI=1S/C11H17F3N2O3S/c1-4(11(12,13)14)8-7(18)6(17)5-9(19-8)20-10(15-5)16(2)3/h4-9,17-18H,1-3H3/t4-,5+,6+,7-,8+,9+/m0/s1. The van der Waals surface area contributed by atoms with Gasteiger partial charge in [-0.1, -0.05) is 18.7 Å². The van der Waals surface area contributed by atoms with Crippen molar-refractivity contribution in [1.29, 1.82) is 0 Å². The summed E-state index contributed by atoms with van der Waals surface area (Å²) >= 11 is 1.16. The van der Waals surface area contributed by atoms with Gasteiger partial charge in [0.25, 0.3) is 0 Å². The van der Waals surface area contributed by atoms with Crippen LogP contribution in [0.5, 0.6) is 0 Å².